The van der Waals surface area contributed by atoms with Crippen LogP contribution in [0.1, 0.15) is 49.6 Å². The minimum atomic E-state index is -0.266. The molecule has 0 bridgehead atoms. The molecule has 0 aliphatic carbocycles. The van der Waals surface area contributed by atoms with Crippen molar-refractivity contribution in [1.82, 2.24) is 19.9 Å². The van der Waals surface area contributed by atoms with Crippen LogP contribution in [-0.4, -0.2) is 51.9 Å². The first kappa shape index (κ1) is 20.9. The van der Waals surface area contributed by atoms with Crippen LogP contribution in [0, 0.1) is 13.8 Å². The SMILES string of the molecule is COc1ccc(NC(=O)c2cnc([C@H]3CCN(C(=O)c4scnc4C)C3)nc2C)cc1. The fourth-order valence-corrected chi connectivity index (χ4v) is 4.35. The Morgan fingerprint density at radius 2 is 1.94 bits per heavy atom. The summed E-state index contributed by atoms with van der Waals surface area (Å²) in [5.74, 6) is 1.17. The van der Waals surface area contributed by atoms with Gasteiger partial charge in [-0.05, 0) is 44.5 Å². The quantitative estimate of drug-likeness (QED) is 0.657. The van der Waals surface area contributed by atoms with Gasteiger partial charge in [0.2, 0.25) is 0 Å². The number of anilines is 1. The topological polar surface area (TPSA) is 97.3 Å². The number of rotatable bonds is 5. The summed E-state index contributed by atoms with van der Waals surface area (Å²) in [6, 6.07) is 7.11. The number of carbonyl (C=O) groups excluding carboxylic acids is 2. The molecular formula is C22H23N5O3S. The van der Waals surface area contributed by atoms with E-state index >= 15 is 0 Å². The number of nitrogens with one attached hydrogen (secondary N) is 1. The molecule has 2 aromatic heterocycles. The van der Waals surface area contributed by atoms with Gasteiger partial charge in [-0.15, -0.1) is 11.3 Å². The van der Waals surface area contributed by atoms with Crippen molar-refractivity contribution in [3.05, 3.63) is 63.6 Å². The Morgan fingerprint density at radius 1 is 1.16 bits per heavy atom. The number of aromatic nitrogens is 3. The second kappa shape index (κ2) is 8.81. The highest BCUT2D eigenvalue weighted by Gasteiger charge is 2.31. The van der Waals surface area contributed by atoms with Gasteiger partial charge in [0.1, 0.15) is 16.5 Å². The number of ether oxygens (including phenoxy) is 1. The number of thiazole rings is 1. The van der Waals surface area contributed by atoms with Crippen LogP contribution in [-0.2, 0) is 0 Å². The molecule has 0 radical (unpaired) electrons. The second-order valence-corrected chi connectivity index (χ2v) is 8.27. The maximum Gasteiger partial charge on any atom is 0.265 e. The Morgan fingerprint density at radius 3 is 2.58 bits per heavy atom. The van der Waals surface area contributed by atoms with Crippen LogP contribution in [0.2, 0.25) is 0 Å². The van der Waals surface area contributed by atoms with Crippen molar-refractivity contribution in [2.24, 2.45) is 0 Å². The zero-order valence-electron chi connectivity index (χ0n) is 17.6. The predicted molar refractivity (Wildman–Crippen MR) is 118 cm³/mol. The molecule has 3 heterocycles. The smallest absolute Gasteiger partial charge is 0.265 e. The lowest BCUT2D eigenvalue weighted by atomic mass is 10.1. The highest BCUT2D eigenvalue weighted by atomic mass is 32.1. The Kier molecular flexibility index (Phi) is 5.94. The molecule has 0 saturated carbocycles. The van der Waals surface area contributed by atoms with Crippen LogP contribution in [0.15, 0.2) is 36.0 Å². The van der Waals surface area contributed by atoms with Crippen LogP contribution in [0.3, 0.4) is 0 Å². The number of likely N-dealkylation sites (tertiary alicyclic amines) is 1. The van der Waals surface area contributed by atoms with Gasteiger partial charge in [-0.2, -0.15) is 0 Å². The summed E-state index contributed by atoms with van der Waals surface area (Å²) >= 11 is 1.37. The highest BCUT2D eigenvalue weighted by Crippen LogP contribution is 2.28. The maximum atomic E-state index is 12.7. The van der Waals surface area contributed by atoms with Gasteiger partial charge in [-0.25, -0.2) is 15.0 Å². The zero-order chi connectivity index (χ0) is 22.0. The van der Waals surface area contributed by atoms with E-state index in [1.807, 2.05) is 11.8 Å². The van der Waals surface area contributed by atoms with Crippen molar-refractivity contribution in [3.8, 4) is 5.75 Å². The zero-order valence-corrected chi connectivity index (χ0v) is 18.4. The highest BCUT2D eigenvalue weighted by molar-refractivity contribution is 7.11. The molecule has 4 rings (SSSR count). The molecule has 1 saturated heterocycles. The molecule has 1 aliphatic heterocycles. The van der Waals surface area contributed by atoms with E-state index in [1.165, 1.54) is 11.3 Å². The Balaban J connectivity index is 1.43. The molecule has 0 unspecified atom stereocenters. The van der Waals surface area contributed by atoms with Crippen molar-refractivity contribution in [3.63, 3.8) is 0 Å². The number of amides is 2. The van der Waals surface area contributed by atoms with E-state index in [2.05, 4.69) is 20.3 Å². The third-order valence-electron chi connectivity index (χ3n) is 5.37. The molecule has 1 fully saturated rings. The lowest BCUT2D eigenvalue weighted by molar-refractivity contribution is 0.0794. The number of aryl methyl sites for hydroxylation is 2. The molecule has 3 aromatic rings. The molecule has 1 N–H and O–H groups in total. The minimum absolute atomic E-state index is 0.00899. The van der Waals surface area contributed by atoms with Crippen LogP contribution >= 0.6 is 11.3 Å². The van der Waals surface area contributed by atoms with Crippen molar-refractivity contribution >= 4 is 28.8 Å². The number of hydrogen-bond acceptors (Lipinski definition) is 7. The first-order valence-corrected chi connectivity index (χ1v) is 10.8. The van der Waals surface area contributed by atoms with Crippen molar-refractivity contribution in [2.45, 2.75) is 26.2 Å². The fourth-order valence-electron chi connectivity index (χ4n) is 3.58. The Labute approximate surface area is 184 Å². The number of benzene rings is 1. The summed E-state index contributed by atoms with van der Waals surface area (Å²) in [7, 11) is 1.59. The van der Waals surface area contributed by atoms with Crippen LogP contribution in [0.4, 0.5) is 5.69 Å². The van der Waals surface area contributed by atoms with Crippen molar-refractivity contribution in [1.29, 1.82) is 0 Å². The van der Waals surface area contributed by atoms with Crippen molar-refractivity contribution < 1.29 is 14.3 Å². The standard InChI is InChI=1S/C22H23N5O3S/c1-13-18(21(28)26-16-4-6-17(30-3)7-5-16)10-23-20(25-13)15-8-9-27(11-15)22(29)19-14(2)24-12-31-19/h4-7,10,12,15H,8-9,11H2,1-3H3,(H,26,28)/t15-/m0/s1. The maximum absolute atomic E-state index is 12.7. The number of nitrogens with zero attached hydrogens (tertiary/aromatic N) is 4. The molecule has 0 spiro atoms. The molecule has 1 aromatic carbocycles. The Bertz CT molecular complexity index is 1110. The average Bonchev–Trinajstić information content (AvgIpc) is 3.43. The first-order valence-electron chi connectivity index (χ1n) is 9.94. The van der Waals surface area contributed by atoms with E-state index in [0.717, 1.165) is 17.9 Å². The van der Waals surface area contributed by atoms with Crippen molar-refractivity contribution in [2.75, 3.05) is 25.5 Å². The molecule has 31 heavy (non-hydrogen) atoms. The normalized spacial score (nSPS) is 15.7. The summed E-state index contributed by atoms with van der Waals surface area (Å²) in [4.78, 5) is 41.1. The third-order valence-corrected chi connectivity index (χ3v) is 6.29. The van der Waals surface area contributed by atoms with E-state index < -0.39 is 0 Å². The largest absolute Gasteiger partial charge is 0.497 e. The van der Waals surface area contributed by atoms with E-state index in [9.17, 15) is 9.59 Å². The van der Waals surface area contributed by atoms with Gasteiger partial charge < -0.3 is 15.0 Å². The summed E-state index contributed by atoms with van der Waals surface area (Å²) in [5.41, 5.74) is 4.15. The second-order valence-electron chi connectivity index (χ2n) is 7.41. The Hall–Kier alpha value is -3.33. The van der Waals surface area contributed by atoms with E-state index in [0.29, 0.717) is 40.7 Å². The molecule has 2 amide bonds. The summed E-state index contributed by atoms with van der Waals surface area (Å²) in [6.45, 7) is 4.86. The van der Waals surface area contributed by atoms with Gasteiger partial charge in [0.15, 0.2) is 0 Å². The van der Waals surface area contributed by atoms with Gasteiger partial charge in [-0.1, -0.05) is 0 Å². The monoisotopic (exact) mass is 437 g/mol. The molecule has 8 nitrogen and oxygen atoms in total. The van der Waals surface area contributed by atoms with E-state index in [-0.39, 0.29) is 17.7 Å². The molecule has 1 aliphatic rings. The van der Waals surface area contributed by atoms with Gasteiger partial charge in [0, 0.05) is 30.9 Å². The first-order chi connectivity index (χ1) is 15.0. The average molecular weight is 438 g/mol. The number of hydrogen-bond donors (Lipinski definition) is 1. The van der Waals surface area contributed by atoms with Gasteiger partial charge in [0.25, 0.3) is 11.8 Å². The summed E-state index contributed by atoms with van der Waals surface area (Å²) < 4.78 is 5.13. The molecule has 9 heteroatoms. The van der Waals surface area contributed by atoms with Gasteiger partial charge in [0.05, 0.1) is 29.6 Å². The third kappa shape index (κ3) is 4.41. The number of carbonyl (C=O) groups is 2. The fraction of sp³-hybridized carbons (Fsp3) is 0.318. The van der Waals surface area contributed by atoms with Gasteiger partial charge >= 0.3 is 0 Å². The van der Waals surface area contributed by atoms with Crippen LogP contribution in [0.5, 0.6) is 5.75 Å². The van der Waals surface area contributed by atoms with E-state index in [4.69, 9.17) is 4.74 Å². The molecule has 160 valence electrons. The van der Waals surface area contributed by atoms with E-state index in [1.54, 1.807) is 50.0 Å². The predicted octanol–water partition coefficient (Wildman–Crippen LogP) is 3.44. The van der Waals surface area contributed by atoms with Crippen LogP contribution < -0.4 is 10.1 Å². The summed E-state index contributed by atoms with van der Waals surface area (Å²) in [6.07, 6.45) is 2.36. The lowest BCUT2D eigenvalue weighted by Crippen LogP contribution is -2.28. The summed E-state index contributed by atoms with van der Waals surface area (Å²) in [5, 5.41) is 2.85. The van der Waals surface area contributed by atoms with Gasteiger partial charge in [-0.3, -0.25) is 9.59 Å². The molecular weight excluding hydrogens is 414 g/mol. The number of methoxy groups -OCH3 is 1. The van der Waals surface area contributed by atoms with Crippen LogP contribution in [0.25, 0.3) is 0 Å². The molecule has 1 atom stereocenters. The minimum Gasteiger partial charge on any atom is -0.497 e. The lowest BCUT2D eigenvalue weighted by Gasteiger charge is -2.16.